The third-order valence-corrected chi connectivity index (χ3v) is 1.99. The maximum Gasteiger partial charge on any atom is 0.404 e. The second-order valence-corrected chi connectivity index (χ2v) is 3.36. The second kappa shape index (κ2) is 6.78. The summed E-state index contributed by atoms with van der Waals surface area (Å²) >= 11 is 0. The number of unbranched alkanes of at least 4 members (excludes halogenated alkanes) is 2. The summed E-state index contributed by atoms with van der Waals surface area (Å²) in [5.74, 6) is 0. The van der Waals surface area contributed by atoms with Gasteiger partial charge < -0.3 is 15.6 Å². The molecule has 0 saturated carbocycles. The largest absolute Gasteiger partial charge is 0.443 e. The zero-order valence-electron chi connectivity index (χ0n) is 9.00. The minimum atomic E-state index is -0.822. The lowest BCUT2D eigenvalue weighted by atomic mass is 10.2. The van der Waals surface area contributed by atoms with E-state index in [1.165, 1.54) is 0 Å². The van der Waals surface area contributed by atoms with Gasteiger partial charge in [-0.15, -0.1) is 5.10 Å². The smallest absolute Gasteiger partial charge is 0.404 e. The van der Waals surface area contributed by atoms with Gasteiger partial charge in [-0.2, -0.15) is 0 Å². The number of carbonyl (C=O) groups excluding carboxylic acids is 1. The van der Waals surface area contributed by atoms with Gasteiger partial charge in [-0.1, -0.05) is 5.21 Å². The van der Waals surface area contributed by atoms with Crippen molar-refractivity contribution in [3.05, 3.63) is 11.9 Å². The van der Waals surface area contributed by atoms with Gasteiger partial charge in [-0.3, -0.25) is 4.68 Å². The normalized spacial score (nSPS) is 10.3. The lowest BCUT2D eigenvalue weighted by molar-refractivity contribution is 0.149. The van der Waals surface area contributed by atoms with Crippen LogP contribution in [0.3, 0.4) is 0 Å². The van der Waals surface area contributed by atoms with Crippen molar-refractivity contribution in [3.63, 3.8) is 0 Å². The number of ether oxygens (including phenoxy) is 1. The van der Waals surface area contributed by atoms with Gasteiger partial charge in [0.25, 0.3) is 0 Å². The number of hydrogen-bond donors (Lipinski definition) is 2. The highest BCUT2D eigenvalue weighted by molar-refractivity contribution is 5.64. The molecule has 1 amide bonds. The monoisotopic (exact) mass is 228 g/mol. The molecule has 0 atom stereocenters. The number of aliphatic hydroxyl groups is 1. The Bertz CT molecular complexity index is 326. The first-order valence-electron chi connectivity index (χ1n) is 5.14. The van der Waals surface area contributed by atoms with Crippen molar-refractivity contribution >= 4 is 6.09 Å². The van der Waals surface area contributed by atoms with Gasteiger partial charge in [0, 0.05) is 13.2 Å². The number of hydrogen-bond acceptors (Lipinski definition) is 5. The van der Waals surface area contributed by atoms with Crippen LogP contribution in [0.15, 0.2) is 6.20 Å². The van der Waals surface area contributed by atoms with Gasteiger partial charge >= 0.3 is 6.09 Å². The van der Waals surface area contributed by atoms with Crippen LogP contribution in [0.4, 0.5) is 4.79 Å². The highest BCUT2D eigenvalue weighted by Gasteiger charge is 2.02. The quantitative estimate of drug-likeness (QED) is 0.641. The van der Waals surface area contributed by atoms with Crippen LogP contribution < -0.4 is 5.73 Å². The van der Waals surface area contributed by atoms with Crippen molar-refractivity contribution in [2.45, 2.75) is 32.4 Å². The zero-order valence-corrected chi connectivity index (χ0v) is 9.00. The molecule has 1 aromatic rings. The minimum Gasteiger partial charge on any atom is -0.443 e. The molecule has 0 fully saturated rings. The van der Waals surface area contributed by atoms with E-state index in [-0.39, 0.29) is 13.2 Å². The van der Waals surface area contributed by atoms with Crippen LogP contribution in [0, 0.1) is 0 Å². The maximum absolute atomic E-state index is 10.3. The molecule has 0 aliphatic rings. The summed E-state index contributed by atoms with van der Waals surface area (Å²) in [7, 11) is 0. The van der Waals surface area contributed by atoms with Crippen LogP contribution in [0.1, 0.15) is 25.0 Å². The van der Waals surface area contributed by atoms with Gasteiger partial charge in [0.1, 0.15) is 12.3 Å². The predicted octanol–water partition coefficient (Wildman–Crippen LogP) is 0.0360. The Kier molecular flexibility index (Phi) is 5.27. The molecule has 7 nitrogen and oxygen atoms in total. The first-order valence-corrected chi connectivity index (χ1v) is 5.14. The number of aliphatic hydroxyl groups excluding tert-OH is 1. The van der Waals surface area contributed by atoms with E-state index in [1.807, 2.05) is 0 Å². The molecule has 0 bridgehead atoms. The highest BCUT2D eigenvalue weighted by Crippen LogP contribution is 2.00. The number of nitrogens with zero attached hydrogens (tertiary/aromatic N) is 3. The number of amides is 1. The summed E-state index contributed by atoms with van der Waals surface area (Å²) in [6, 6.07) is 0. The summed E-state index contributed by atoms with van der Waals surface area (Å²) in [6.07, 6.45) is 3.56. The van der Waals surface area contributed by atoms with Crippen LogP contribution in [0.25, 0.3) is 0 Å². The van der Waals surface area contributed by atoms with E-state index in [2.05, 4.69) is 15.0 Å². The number of aromatic nitrogens is 3. The van der Waals surface area contributed by atoms with Crippen molar-refractivity contribution < 1.29 is 14.6 Å². The maximum atomic E-state index is 10.3. The molecule has 16 heavy (non-hydrogen) atoms. The standard InChI is InChI=1S/C9H16N4O3/c10-9(15)16-7-8-6-13(12-11-8)4-2-1-3-5-14/h6,14H,1-5,7H2,(H2,10,15). The summed E-state index contributed by atoms with van der Waals surface area (Å²) in [5.41, 5.74) is 5.39. The van der Waals surface area contributed by atoms with Crippen LogP contribution in [0.2, 0.25) is 0 Å². The molecule has 3 N–H and O–H groups in total. The molecule has 0 aliphatic heterocycles. The topological polar surface area (TPSA) is 103 Å². The van der Waals surface area contributed by atoms with Gasteiger partial charge in [-0.25, -0.2) is 4.79 Å². The Labute approximate surface area is 93.2 Å². The van der Waals surface area contributed by atoms with Crippen molar-refractivity contribution in [2.75, 3.05) is 6.61 Å². The van der Waals surface area contributed by atoms with E-state index in [4.69, 9.17) is 10.8 Å². The average molecular weight is 228 g/mol. The number of carbonyl (C=O) groups is 1. The molecule has 0 radical (unpaired) electrons. The Balaban J connectivity index is 2.25. The van der Waals surface area contributed by atoms with Crippen molar-refractivity contribution in [1.29, 1.82) is 0 Å². The fraction of sp³-hybridized carbons (Fsp3) is 0.667. The fourth-order valence-corrected chi connectivity index (χ4v) is 1.22. The van der Waals surface area contributed by atoms with Crippen LogP contribution in [-0.2, 0) is 17.9 Å². The molecule has 0 unspecified atom stereocenters. The first kappa shape index (κ1) is 12.4. The van der Waals surface area contributed by atoms with Gasteiger partial charge in [0.2, 0.25) is 0 Å². The SMILES string of the molecule is NC(=O)OCc1cn(CCCCCO)nn1. The van der Waals surface area contributed by atoms with E-state index in [0.717, 1.165) is 25.8 Å². The van der Waals surface area contributed by atoms with Crippen LogP contribution in [-0.4, -0.2) is 32.8 Å². The van der Waals surface area contributed by atoms with E-state index >= 15 is 0 Å². The Morgan fingerprint density at radius 2 is 2.31 bits per heavy atom. The van der Waals surface area contributed by atoms with Crippen LogP contribution in [0.5, 0.6) is 0 Å². The highest BCUT2D eigenvalue weighted by atomic mass is 16.5. The van der Waals surface area contributed by atoms with Crippen molar-refractivity contribution in [3.8, 4) is 0 Å². The molecule has 0 aliphatic carbocycles. The molecule has 1 aromatic heterocycles. The van der Waals surface area contributed by atoms with Gasteiger partial charge in [-0.05, 0) is 19.3 Å². The molecule has 1 rings (SSSR count). The van der Waals surface area contributed by atoms with Gasteiger partial charge in [0.15, 0.2) is 0 Å². The lowest BCUT2D eigenvalue weighted by Crippen LogP contribution is -2.12. The average Bonchev–Trinajstić information content (AvgIpc) is 2.70. The number of rotatable bonds is 7. The Morgan fingerprint density at radius 1 is 1.50 bits per heavy atom. The second-order valence-electron chi connectivity index (χ2n) is 3.36. The zero-order chi connectivity index (χ0) is 11.8. The summed E-state index contributed by atoms with van der Waals surface area (Å²) in [6.45, 7) is 1.00. The third-order valence-electron chi connectivity index (χ3n) is 1.99. The number of nitrogens with two attached hydrogens (primary N) is 1. The molecular formula is C9H16N4O3. The number of primary amides is 1. The van der Waals surface area contributed by atoms with Gasteiger partial charge in [0.05, 0.1) is 6.20 Å². The van der Waals surface area contributed by atoms with Crippen LogP contribution >= 0.6 is 0 Å². The van der Waals surface area contributed by atoms with Crippen molar-refractivity contribution in [1.82, 2.24) is 15.0 Å². The van der Waals surface area contributed by atoms with E-state index in [9.17, 15) is 4.79 Å². The predicted molar refractivity (Wildman–Crippen MR) is 55.3 cm³/mol. The van der Waals surface area contributed by atoms with E-state index < -0.39 is 6.09 Å². The molecular weight excluding hydrogens is 212 g/mol. The fourth-order valence-electron chi connectivity index (χ4n) is 1.22. The third kappa shape index (κ3) is 4.74. The molecule has 1 heterocycles. The lowest BCUT2D eigenvalue weighted by Gasteiger charge is -1.98. The molecule has 0 saturated heterocycles. The molecule has 0 spiro atoms. The van der Waals surface area contributed by atoms with E-state index in [1.54, 1.807) is 10.9 Å². The van der Waals surface area contributed by atoms with Crippen molar-refractivity contribution in [2.24, 2.45) is 5.73 Å². The number of aryl methyl sites for hydroxylation is 1. The summed E-state index contributed by atoms with van der Waals surface area (Å²) in [4.78, 5) is 10.3. The Hall–Kier alpha value is -1.63. The van der Waals surface area contributed by atoms with E-state index in [0.29, 0.717) is 5.69 Å². The minimum absolute atomic E-state index is 0.0476. The molecule has 0 aromatic carbocycles. The first-order chi connectivity index (χ1) is 7.72. The Morgan fingerprint density at radius 3 is 3.00 bits per heavy atom. The molecule has 7 heteroatoms. The summed E-state index contributed by atoms with van der Waals surface area (Å²) < 4.78 is 6.25. The molecule has 90 valence electrons. The summed E-state index contributed by atoms with van der Waals surface area (Å²) in [5, 5.41) is 16.3.